The molecule has 1 saturated carbocycles. The number of rotatable bonds is 2. The molecule has 1 atom stereocenters. The van der Waals surface area contributed by atoms with Crippen LogP contribution in [0.5, 0.6) is 0 Å². The summed E-state index contributed by atoms with van der Waals surface area (Å²) in [7, 11) is 0. The normalized spacial score (nSPS) is 24.1. The Morgan fingerprint density at radius 3 is 2.40 bits per heavy atom. The zero-order valence-electron chi connectivity index (χ0n) is 6.25. The average molecular weight is 143 g/mol. The highest BCUT2D eigenvalue weighted by atomic mass is 16.5. The second kappa shape index (κ2) is 3.71. The van der Waals surface area contributed by atoms with Crippen molar-refractivity contribution in [2.75, 3.05) is 0 Å². The van der Waals surface area contributed by atoms with Crippen LogP contribution in [0, 0.1) is 5.92 Å². The number of hydrogen-bond acceptors (Lipinski definition) is 1. The third-order valence-electron chi connectivity index (χ3n) is 2.22. The van der Waals surface area contributed by atoms with Gasteiger partial charge >= 0.3 is 6.29 Å². The van der Waals surface area contributed by atoms with E-state index in [1.54, 1.807) is 0 Å². The maximum atomic E-state index is 9.20. The maximum absolute atomic E-state index is 9.20. The zero-order chi connectivity index (χ0) is 7.40. The Hall–Kier alpha value is -0.370. The number of carbonyl (C=O) groups excluding carboxylic acids is 1. The van der Waals surface area contributed by atoms with E-state index < -0.39 is 6.29 Å². The van der Waals surface area contributed by atoms with Gasteiger partial charge in [0.05, 0.1) is 5.92 Å². The molecule has 0 amide bonds. The molecule has 2 nitrogen and oxygen atoms in total. The molecule has 1 rings (SSSR count). The summed E-state index contributed by atoms with van der Waals surface area (Å²) in [5.41, 5.74) is 0. The van der Waals surface area contributed by atoms with Crippen molar-refractivity contribution < 1.29 is 9.53 Å². The largest absolute Gasteiger partial charge is 0.380 e. The summed E-state index contributed by atoms with van der Waals surface area (Å²) in [6, 6.07) is 0. The van der Waals surface area contributed by atoms with Gasteiger partial charge in [-0.25, -0.2) is 4.42 Å². The van der Waals surface area contributed by atoms with Gasteiger partial charge in [-0.2, -0.15) is 0 Å². The SMILES string of the molecule is C=[O+]C(O)C1CCCCC1. The van der Waals surface area contributed by atoms with Crippen LogP contribution in [0.1, 0.15) is 32.1 Å². The lowest BCUT2D eigenvalue weighted by atomic mass is 9.89. The fraction of sp³-hybridized carbons (Fsp3) is 0.875. The van der Waals surface area contributed by atoms with E-state index in [2.05, 4.69) is 11.2 Å². The van der Waals surface area contributed by atoms with Crippen molar-refractivity contribution >= 4 is 6.79 Å². The van der Waals surface area contributed by atoms with Gasteiger partial charge in [0.2, 0.25) is 0 Å². The molecule has 0 aliphatic heterocycles. The summed E-state index contributed by atoms with van der Waals surface area (Å²) in [4.78, 5) is 0. The Kier molecular flexibility index (Phi) is 2.87. The lowest BCUT2D eigenvalue weighted by Gasteiger charge is -2.17. The molecule has 0 aromatic rings. The van der Waals surface area contributed by atoms with Gasteiger partial charge in [-0.3, -0.25) is 0 Å². The van der Waals surface area contributed by atoms with E-state index in [1.807, 2.05) is 0 Å². The van der Waals surface area contributed by atoms with Gasteiger partial charge in [0, 0.05) is 0 Å². The van der Waals surface area contributed by atoms with Gasteiger partial charge in [0.1, 0.15) is 0 Å². The van der Waals surface area contributed by atoms with Crippen LogP contribution in [0.4, 0.5) is 0 Å². The third-order valence-corrected chi connectivity index (χ3v) is 2.22. The quantitative estimate of drug-likeness (QED) is 0.458. The predicted molar refractivity (Wildman–Crippen MR) is 39.7 cm³/mol. The van der Waals surface area contributed by atoms with Crippen LogP contribution in [0.25, 0.3) is 0 Å². The molecule has 0 heterocycles. The Morgan fingerprint density at radius 2 is 1.90 bits per heavy atom. The minimum Gasteiger partial charge on any atom is -0.312 e. The van der Waals surface area contributed by atoms with Crippen LogP contribution in [-0.2, 0) is 4.42 Å². The highest BCUT2D eigenvalue weighted by molar-refractivity contribution is 5.12. The first-order valence-corrected chi connectivity index (χ1v) is 3.93. The second-order valence-electron chi connectivity index (χ2n) is 2.96. The Balaban J connectivity index is 2.30. The first kappa shape index (κ1) is 7.73. The van der Waals surface area contributed by atoms with Crippen LogP contribution in [0.2, 0.25) is 0 Å². The highest BCUT2D eigenvalue weighted by Crippen LogP contribution is 2.25. The van der Waals surface area contributed by atoms with Crippen LogP contribution in [0.3, 0.4) is 0 Å². The van der Waals surface area contributed by atoms with E-state index in [0.29, 0.717) is 5.92 Å². The van der Waals surface area contributed by atoms with Crippen molar-refractivity contribution in [3.05, 3.63) is 0 Å². The fourth-order valence-corrected chi connectivity index (χ4v) is 1.56. The number of aliphatic hydroxyl groups is 1. The van der Waals surface area contributed by atoms with Crippen molar-refractivity contribution in [2.45, 2.75) is 38.4 Å². The standard InChI is InChI=1S/C8H15O2/c1-10-8(9)7-5-3-2-4-6-7/h7-9H,1-6H2/q+1. The van der Waals surface area contributed by atoms with E-state index in [4.69, 9.17) is 0 Å². The lowest BCUT2D eigenvalue weighted by molar-refractivity contribution is -0.560. The monoisotopic (exact) mass is 143 g/mol. The first-order valence-electron chi connectivity index (χ1n) is 3.93. The molecule has 0 bridgehead atoms. The van der Waals surface area contributed by atoms with E-state index in [0.717, 1.165) is 12.8 Å². The zero-order valence-corrected chi connectivity index (χ0v) is 6.25. The Morgan fingerprint density at radius 1 is 1.30 bits per heavy atom. The maximum Gasteiger partial charge on any atom is 0.380 e. The molecular weight excluding hydrogens is 128 g/mol. The molecule has 0 aromatic heterocycles. The average Bonchev–Trinajstić information content (AvgIpc) is 2.05. The van der Waals surface area contributed by atoms with Crippen molar-refractivity contribution in [3.8, 4) is 0 Å². The minimum absolute atomic E-state index is 0.339. The van der Waals surface area contributed by atoms with E-state index in [-0.39, 0.29) is 0 Å². The third kappa shape index (κ3) is 1.81. The van der Waals surface area contributed by atoms with Crippen molar-refractivity contribution in [2.24, 2.45) is 5.92 Å². The highest BCUT2D eigenvalue weighted by Gasteiger charge is 2.27. The summed E-state index contributed by atoms with van der Waals surface area (Å²) in [5.74, 6) is 0.339. The Bertz CT molecular complexity index is 106. The van der Waals surface area contributed by atoms with Gasteiger partial charge in [-0.15, -0.1) is 0 Å². The molecular formula is C8H15O2+. The molecule has 1 unspecified atom stereocenters. The number of hydrogen-bond donors (Lipinski definition) is 1. The van der Waals surface area contributed by atoms with Gasteiger partial charge in [0.25, 0.3) is 6.79 Å². The molecule has 1 N–H and O–H groups in total. The smallest absolute Gasteiger partial charge is 0.312 e. The van der Waals surface area contributed by atoms with Crippen LogP contribution in [-0.4, -0.2) is 18.2 Å². The predicted octanol–water partition coefficient (Wildman–Crippen LogP) is 1.25. The molecule has 1 aliphatic carbocycles. The fourth-order valence-electron chi connectivity index (χ4n) is 1.56. The molecule has 0 spiro atoms. The topological polar surface area (TPSA) is 31.5 Å². The Labute approximate surface area is 61.6 Å². The summed E-state index contributed by atoms with van der Waals surface area (Å²) in [6.45, 7) is 3.21. The first-order chi connectivity index (χ1) is 4.84. The summed E-state index contributed by atoms with van der Waals surface area (Å²) in [6.07, 6.45) is 5.32. The molecule has 0 aromatic carbocycles. The minimum atomic E-state index is -0.625. The van der Waals surface area contributed by atoms with Gasteiger partial charge < -0.3 is 5.11 Å². The molecule has 2 heteroatoms. The van der Waals surface area contributed by atoms with Crippen molar-refractivity contribution in [1.82, 2.24) is 0 Å². The van der Waals surface area contributed by atoms with E-state index >= 15 is 0 Å². The van der Waals surface area contributed by atoms with Gasteiger partial charge in [-0.1, -0.05) is 19.3 Å². The second-order valence-corrected chi connectivity index (χ2v) is 2.96. The summed E-state index contributed by atoms with van der Waals surface area (Å²) >= 11 is 0. The van der Waals surface area contributed by atoms with Gasteiger partial charge in [0.15, 0.2) is 0 Å². The molecule has 10 heavy (non-hydrogen) atoms. The van der Waals surface area contributed by atoms with Gasteiger partial charge in [-0.05, 0) is 12.8 Å². The van der Waals surface area contributed by atoms with Crippen LogP contribution < -0.4 is 0 Å². The summed E-state index contributed by atoms with van der Waals surface area (Å²) < 4.78 is 4.60. The van der Waals surface area contributed by atoms with Crippen LogP contribution >= 0.6 is 0 Å². The van der Waals surface area contributed by atoms with Crippen molar-refractivity contribution in [3.63, 3.8) is 0 Å². The van der Waals surface area contributed by atoms with Crippen LogP contribution in [0.15, 0.2) is 0 Å². The molecule has 0 saturated heterocycles. The molecule has 1 fully saturated rings. The summed E-state index contributed by atoms with van der Waals surface area (Å²) in [5, 5.41) is 9.20. The lowest BCUT2D eigenvalue weighted by Crippen LogP contribution is -2.22. The number of aliphatic hydroxyl groups excluding tert-OH is 1. The van der Waals surface area contributed by atoms with E-state index in [1.165, 1.54) is 19.3 Å². The molecule has 58 valence electrons. The van der Waals surface area contributed by atoms with E-state index in [9.17, 15) is 5.11 Å². The molecule has 0 radical (unpaired) electrons. The molecule has 1 aliphatic rings. The van der Waals surface area contributed by atoms with Crippen molar-refractivity contribution in [1.29, 1.82) is 0 Å².